The predicted octanol–water partition coefficient (Wildman–Crippen LogP) is 3.45. The molecule has 1 aliphatic rings. The molecule has 19 heavy (non-hydrogen) atoms. The normalized spacial score (nSPS) is 19.6. The Morgan fingerprint density at radius 1 is 1.05 bits per heavy atom. The Labute approximate surface area is 119 Å². The molecule has 0 aromatic rings. The molecule has 1 heterocycles. The Hall–Kier alpha value is 0.0569. The van der Waals surface area contributed by atoms with E-state index in [1.165, 1.54) is 0 Å². The van der Waals surface area contributed by atoms with Crippen molar-refractivity contribution in [1.82, 2.24) is 0 Å². The summed E-state index contributed by atoms with van der Waals surface area (Å²) in [5.41, 5.74) is 0. The molecule has 0 aliphatic carbocycles. The van der Waals surface area contributed by atoms with Crippen molar-refractivity contribution in [2.24, 2.45) is 0 Å². The van der Waals surface area contributed by atoms with Crippen LogP contribution in [0.1, 0.15) is 46.5 Å². The molecule has 4 nitrogen and oxygen atoms in total. The van der Waals surface area contributed by atoms with E-state index in [-0.39, 0.29) is 0 Å². The standard InChI is InChI=1S/C14H30O4Si/c1-5-11-19(15-4,12-6-2)18-13-14(7-3)16-9-8-10-17-14/h5-13H2,1-4H3. The van der Waals surface area contributed by atoms with Crippen molar-refractivity contribution in [3.63, 3.8) is 0 Å². The average Bonchev–Trinajstić information content (AvgIpc) is 2.46. The van der Waals surface area contributed by atoms with E-state index in [2.05, 4.69) is 20.8 Å². The third-order valence-corrected chi connectivity index (χ3v) is 7.68. The van der Waals surface area contributed by atoms with Crippen LogP contribution in [-0.4, -0.2) is 41.3 Å². The van der Waals surface area contributed by atoms with Crippen LogP contribution in [0.3, 0.4) is 0 Å². The van der Waals surface area contributed by atoms with Crippen molar-refractivity contribution >= 4 is 8.56 Å². The highest BCUT2D eigenvalue weighted by molar-refractivity contribution is 6.67. The first-order valence-corrected chi connectivity index (χ1v) is 9.86. The molecule has 0 spiro atoms. The van der Waals surface area contributed by atoms with Crippen molar-refractivity contribution in [3.05, 3.63) is 0 Å². The van der Waals surface area contributed by atoms with E-state index in [0.29, 0.717) is 6.61 Å². The van der Waals surface area contributed by atoms with Gasteiger partial charge in [-0.1, -0.05) is 33.6 Å². The van der Waals surface area contributed by atoms with Crippen LogP contribution in [0.2, 0.25) is 12.1 Å². The average molecular weight is 290 g/mol. The Balaban J connectivity index is 2.62. The summed E-state index contributed by atoms with van der Waals surface area (Å²) in [7, 11) is -0.286. The maximum atomic E-state index is 6.26. The Kier molecular flexibility index (Phi) is 7.53. The van der Waals surface area contributed by atoms with E-state index in [0.717, 1.165) is 51.0 Å². The summed E-state index contributed by atoms with van der Waals surface area (Å²) in [6, 6.07) is 2.08. The molecular formula is C14H30O4Si. The molecule has 0 saturated carbocycles. The maximum Gasteiger partial charge on any atom is 0.338 e. The van der Waals surface area contributed by atoms with Crippen LogP contribution in [0.5, 0.6) is 0 Å². The fraction of sp³-hybridized carbons (Fsp3) is 1.00. The lowest BCUT2D eigenvalue weighted by atomic mass is 10.2. The summed E-state index contributed by atoms with van der Waals surface area (Å²) in [5, 5.41) is 0. The lowest BCUT2D eigenvalue weighted by molar-refractivity contribution is -0.281. The van der Waals surface area contributed by atoms with Gasteiger partial charge in [0, 0.05) is 13.5 Å². The minimum absolute atomic E-state index is 0.504. The van der Waals surface area contributed by atoms with E-state index in [1.54, 1.807) is 7.11 Å². The molecule has 1 fully saturated rings. The zero-order valence-electron chi connectivity index (χ0n) is 13.0. The molecule has 1 rings (SSSR count). The van der Waals surface area contributed by atoms with Crippen molar-refractivity contribution in [2.45, 2.75) is 64.3 Å². The Morgan fingerprint density at radius 2 is 1.63 bits per heavy atom. The first kappa shape index (κ1) is 17.1. The SMILES string of the molecule is CCC[Si](CCC)(OC)OCC1(CC)OCCCO1. The largest absolute Gasteiger partial charge is 0.398 e. The van der Waals surface area contributed by atoms with Crippen LogP contribution in [0.4, 0.5) is 0 Å². The summed E-state index contributed by atoms with van der Waals surface area (Å²) < 4.78 is 23.7. The van der Waals surface area contributed by atoms with E-state index >= 15 is 0 Å². The van der Waals surface area contributed by atoms with Gasteiger partial charge in [0.2, 0.25) is 0 Å². The molecule has 0 amide bonds. The topological polar surface area (TPSA) is 36.9 Å². The van der Waals surface area contributed by atoms with E-state index < -0.39 is 14.3 Å². The first-order valence-electron chi connectivity index (χ1n) is 7.63. The smallest absolute Gasteiger partial charge is 0.338 e. The second-order valence-corrected chi connectivity index (χ2v) is 8.74. The molecule has 0 aromatic carbocycles. The number of ether oxygens (including phenoxy) is 2. The third kappa shape index (κ3) is 4.83. The predicted molar refractivity (Wildman–Crippen MR) is 78.5 cm³/mol. The third-order valence-electron chi connectivity index (χ3n) is 3.75. The maximum absolute atomic E-state index is 6.26. The van der Waals surface area contributed by atoms with Crippen LogP contribution >= 0.6 is 0 Å². The molecule has 0 aromatic heterocycles. The van der Waals surface area contributed by atoms with Gasteiger partial charge in [-0.05, 0) is 18.5 Å². The molecule has 1 saturated heterocycles. The van der Waals surface area contributed by atoms with Crippen LogP contribution < -0.4 is 0 Å². The van der Waals surface area contributed by atoms with E-state index in [9.17, 15) is 0 Å². The fourth-order valence-corrected chi connectivity index (χ4v) is 5.61. The van der Waals surface area contributed by atoms with Crippen LogP contribution in [0.25, 0.3) is 0 Å². The molecular weight excluding hydrogens is 260 g/mol. The van der Waals surface area contributed by atoms with E-state index in [1.807, 2.05) is 0 Å². The zero-order valence-corrected chi connectivity index (χ0v) is 14.0. The molecule has 0 bridgehead atoms. The van der Waals surface area contributed by atoms with Gasteiger partial charge in [-0.3, -0.25) is 0 Å². The number of rotatable bonds is 9. The summed E-state index contributed by atoms with van der Waals surface area (Å²) in [6.45, 7) is 8.49. The van der Waals surface area contributed by atoms with Crippen molar-refractivity contribution in [1.29, 1.82) is 0 Å². The van der Waals surface area contributed by atoms with Gasteiger partial charge in [0.15, 0.2) is 5.79 Å². The van der Waals surface area contributed by atoms with Gasteiger partial charge in [-0.15, -0.1) is 0 Å². The van der Waals surface area contributed by atoms with Gasteiger partial charge in [0.05, 0.1) is 19.8 Å². The number of hydrogen-bond donors (Lipinski definition) is 0. The lowest BCUT2D eigenvalue weighted by Gasteiger charge is -2.39. The molecule has 114 valence electrons. The lowest BCUT2D eigenvalue weighted by Crippen LogP contribution is -2.50. The van der Waals surface area contributed by atoms with Gasteiger partial charge in [0.25, 0.3) is 0 Å². The highest BCUT2D eigenvalue weighted by atomic mass is 28.4. The molecule has 0 N–H and O–H groups in total. The summed E-state index contributed by atoms with van der Waals surface area (Å²) in [4.78, 5) is 0. The van der Waals surface area contributed by atoms with Gasteiger partial charge in [-0.25, -0.2) is 0 Å². The summed E-state index contributed by atoms with van der Waals surface area (Å²) in [6.07, 6.45) is 3.99. The monoisotopic (exact) mass is 290 g/mol. The van der Waals surface area contributed by atoms with Crippen LogP contribution in [-0.2, 0) is 18.3 Å². The van der Waals surface area contributed by atoms with Gasteiger partial charge in [-0.2, -0.15) is 0 Å². The zero-order chi connectivity index (χ0) is 14.2. The Morgan fingerprint density at radius 3 is 2.05 bits per heavy atom. The van der Waals surface area contributed by atoms with Gasteiger partial charge in [0.1, 0.15) is 0 Å². The minimum Gasteiger partial charge on any atom is -0.398 e. The molecule has 1 aliphatic heterocycles. The van der Waals surface area contributed by atoms with E-state index in [4.69, 9.17) is 18.3 Å². The molecule has 0 radical (unpaired) electrons. The summed E-state index contributed by atoms with van der Waals surface area (Å²) in [5.74, 6) is -0.545. The minimum atomic E-state index is -2.08. The number of hydrogen-bond acceptors (Lipinski definition) is 4. The van der Waals surface area contributed by atoms with Crippen molar-refractivity contribution < 1.29 is 18.3 Å². The van der Waals surface area contributed by atoms with Crippen molar-refractivity contribution in [2.75, 3.05) is 26.9 Å². The van der Waals surface area contributed by atoms with Gasteiger partial charge >= 0.3 is 8.56 Å². The molecule has 5 heteroatoms. The fourth-order valence-electron chi connectivity index (χ4n) is 2.54. The van der Waals surface area contributed by atoms with Gasteiger partial charge < -0.3 is 18.3 Å². The first-order chi connectivity index (χ1) is 9.16. The highest BCUT2D eigenvalue weighted by Crippen LogP contribution is 2.28. The van der Waals surface area contributed by atoms with Crippen molar-refractivity contribution in [3.8, 4) is 0 Å². The second kappa shape index (κ2) is 8.37. The summed E-state index contributed by atoms with van der Waals surface area (Å²) >= 11 is 0. The second-order valence-electron chi connectivity index (χ2n) is 5.22. The molecule has 0 atom stereocenters. The Bertz CT molecular complexity index is 236. The van der Waals surface area contributed by atoms with Crippen LogP contribution in [0.15, 0.2) is 0 Å². The highest BCUT2D eigenvalue weighted by Gasteiger charge is 2.40. The quantitative estimate of drug-likeness (QED) is 0.609. The molecule has 0 unspecified atom stereocenters. The van der Waals surface area contributed by atoms with Crippen LogP contribution in [0, 0.1) is 0 Å².